The molecule has 164 valence electrons. The quantitative estimate of drug-likeness (QED) is 0.585. The lowest BCUT2D eigenvalue weighted by Crippen LogP contribution is -2.53. The minimum Gasteiger partial charge on any atom is -0.370 e. The molecule has 0 aliphatic carbocycles. The van der Waals surface area contributed by atoms with Crippen molar-refractivity contribution in [2.24, 2.45) is 17.6 Å². The molecule has 4 amide bonds. The molecule has 8 nitrogen and oxygen atoms in total. The number of primary amides is 1. The molecule has 0 radical (unpaired) electrons. The minimum absolute atomic E-state index is 0.0340. The van der Waals surface area contributed by atoms with Crippen molar-refractivity contribution in [2.75, 3.05) is 5.32 Å². The lowest BCUT2D eigenvalue weighted by atomic mass is 9.76. The van der Waals surface area contributed by atoms with E-state index in [9.17, 15) is 19.2 Å². The van der Waals surface area contributed by atoms with Crippen LogP contribution >= 0.6 is 23.2 Å². The van der Waals surface area contributed by atoms with Gasteiger partial charge in [0, 0.05) is 33.8 Å². The monoisotopic (exact) mass is 472 g/mol. The van der Waals surface area contributed by atoms with Crippen molar-refractivity contribution in [3.63, 3.8) is 0 Å². The Morgan fingerprint density at radius 3 is 2.56 bits per heavy atom. The van der Waals surface area contributed by atoms with Gasteiger partial charge in [0.25, 0.3) is 0 Å². The number of imide groups is 1. The van der Waals surface area contributed by atoms with Crippen LogP contribution in [0.3, 0.4) is 0 Å². The Bertz CT molecular complexity index is 1200. The summed E-state index contributed by atoms with van der Waals surface area (Å²) >= 11 is 12.4. The second-order valence-electron chi connectivity index (χ2n) is 8.23. The first-order valence-electron chi connectivity index (χ1n) is 10.00. The van der Waals surface area contributed by atoms with Crippen LogP contribution in [0.25, 0.3) is 0 Å². The average molecular weight is 473 g/mol. The fraction of sp³-hybridized carbons (Fsp3) is 0.273. The zero-order valence-electron chi connectivity index (χ0n) is 16.6. The summed E-state index contributed by atoms with van der Waals surface area (Å²) in [5, 5.41) is 6.69. The number of rotatable bonds is 4. The van der Waals surface area contributed by atoms with E-state index in [2.05, 4.69) is 10.6 Å². The lowest BCUT2D eigenvalue weighted by molar-refractivity contribution is -0.143. The highest BCUT2D eigenvalue weighted by Gasteiger charge is 2.70. The molecule has 2 unspecified atom stereocenters. The molecule has 2 fully saturated rings. The molecule has 3 aliphatic heterocycles. The second kappa shape index (κ2) is 7.30. The van der Waals surface area contributed by atoms with Crippen LogP contribution in [0.15, 0.2) is 42.5 Å². The van der Waals surface area contributed by atoms with E-state index in [0.717, 1.165) is 4.90 Å². The predicted octanol–water partition coefficient (Wildman–Crippen LogP) is 1.79. The van der Waals surface area contributed by atoms with Crippen LogP contribution in [0.4, 0.5) is 5.69 Å². The summed E-state index contributed by atoms with van der Waals surface area (Å²) in [6.45, 7) is -0.0340. The number of fused-ring (bicyclic) bond motifs is 4. The normalized spacial score (nSPS) is 28.2. The first-order valence-corrected chi connectivity index (χ1v) is 10.8. The van der Waals surface area contributed by atoms with Gasteiger partial charge in [-0.2, -0.15) is 0 Å². The molecule has 32 heavy (non-hydrogen) atoms. The molecule has 5 rings (SSSR count). The number of carbonyl (C=O) groups is 4. The Morgan fingerprint density at radius 1 is 1.09 bits per heavy atom. The molecule has 0 bridgehead atoms. The Kier molecular flexibility index (Phi) is 4.77. The SMILES string of the molecule is NC(=O)CC1NC2(C(=O)Nc3ccc(Cl)cc32)[C@@H]2C(=O)N(Cc3ccccc3Cl)C(=O)[C@H]12. The fourth-order valence-corrected chi connectivity index (χ4v) is 5.55. The molecular weight excluding hydrogens is 455 g/mol. The number of hydrogen-bond acceptors (Lipinski definition) is 5. The number of amides is 4. The van der Waals surface area contributed by atoms with E-state index >= 15 is 0 Å². The molecule has 10 heteroatoms. The Hall–Kier alpha value is -2.94. The highest BCUT2D eigenvalue weighted by atomic mass is 35.5. The van der Waals surface area contributed by atoms with Crippen molar-refractivity contribution in [3.8, 4) is 0 Å². The van der Waals surface area contributed by atoms with E-state index in [1.165, 1.54) is 0 Å². The molecule has 1 spiro atoms. The number of benzene rings is 2. The van der Waals surface area contributed by atoms with E-state index in [0.29, 0.717) is 26.9 Å². The number of carbonyl (C=O) groups excluding carboxylic acids is 4. The van der Waals surface area contributed by atoms with Crippen molar-refractivity contribution in [1.82, 2.24) is 10.2 Å². The van der Waals surface area contributed by atoms with Gasteiger partial charge in [-0.1, -0.05) is 41.4 Å². The number of hydrogen-bond donors (Lipinski definition) is 3. The molecule has 2 aromatic carbocycles. The third kappa shape index (κ3) is 2.87. The fourth-order valence-electron chi connectivity index (χ4n) is 5.18. The smallest absolute Gasteiger partial charge is 0.250 e. The summed E-state index contributed by atoms with van der Waals surface area (Å²) in [4.78, 5) is 53.2. The molecule has 4 N–H and O–H groups in total. The molecule has 4 atom stereocenters. The highest BCUT2D eigenvalue weighted by molar-refractivity contribution is 6.31. The summed E-state index contributed by atoms with van der Waals surface area (Å²) in [6.07, 6.45) is -0.203. The Morgan fingerprint density at radius 2 is 1.84 bits per heavy atom. The van der Waals surface area contributed by atoms with Gasteiger partial charge in [0.1, 0.15) is 5.54 Å². The van der Waals surface area contributed by atoms with Crippen molar-refractivity contribution >= 4 is 52.5 Å². The number of likely N-dealkylation sites (tertiary alicyclic amines) is 1. The molecule has 0 aromatic heterocycles. The van der Waals surface area contributed by atoms with E-state index in [1.54, 1.807) is 42.5 Å². The van der Waals surface area contributed by atoms with Crippen molar-refractivity contribution in [3.05, 3.63) is 63.6 Å². The number of nitrogens with one attached hydrogen (secondary N) is 2. The molecular formula is C22H18Cl2N4O4. The van der Waals surface area contributed by atoms with Crippen LogP contribution in [0, 0.1) is 11.8 Å². The van der Waals surface area contributed by atoms with E-state index in [1.807, 2.05) is 0 Å². The van der Waals surface area contributed by atoms with Gasteiger partial charge < -0.3 is 11.1 Å². The zero-order valence-corrected chi connectivity index (χ0v) is 18.1. The van der Waals surface area contributed by atoms with E-state index in [4.69, 9.17) is 28.9 Å². The maximum Gasteiger partial charge on any atom is 0.250 e. The third-order valence-electron chi connectivity index (χ3n) is 6.48. The van der Waals surface area contributed by atoms with Gasteiger partial charge in [-0.15, -0.1) is 0 Å². The molecule has 2 saturated heterocycles. The van der Waals surface area contributed by atoms with Crippen molar-refractivity contribution in [2.45, 2.75) is 24.5 Å². The number of nitrogens with two attached hydrogens (primary N) is 1. The molecule has 3 heterocycles. The van der Waals surface area contributed by atoms with Crippen LogP contribution in [0.5, 0.6) is 0 Å². The van der Waals surface area contributed by atoms with Gasteiger partial charge >= 0.3 is 0 Å². The summed E-state index contributed by atoms with van der Waals surface area (Å²) in [5.74, 6) is -4.10. The largest absolute Gasteiger partial charge is 0.370 e. The molecule has 3 aliphatic rings. The van der Waals surface area contributed by atoms with E-state index < -0.39 is 47.0 Å². The standard InChI is InChI=1S/C22H18Cl2N4O4/c23-11-5-6-14-12(7-11)22(21(32)26-14)18-17(15(27-22)8-16(25)29)19(30)28(20(18)31)9-10-3-1-2-4-13(10)24/h1-7,15,17-18,27H,8-9H2,(H2,25,29)(H,26,32)/t15?,17-,18+,22?/m1/s1. The van der Waals surface area contributed by atoms with E-state index in [-0.39, 0.29) is 13.0 Å². The number of nitrogens with zero attached hydrogens (tertiary/aromatic N) is 1. The summed E-state index contributed by atoms with van der Waals surface area (Å²) in [6, 6.07) is 11.0. The van der Waals surface area contributed by atoms with Crippen molar-refractivity contribution < 1.29 is 19.2 Å². The maximum absolute atomic E-state index is 13.6. The van der Waals surface area contributed by atoms with Crippen LogP contribution in [-0.2, 0) is 31.3 Å². The van der Waals surface area contributed by atoms with Gasteiger partial charge in [-0.05, 0) is 29.8 Å². The molecule has 2 aromatic rings. The van der Waals surface area contributed by atoms with Crippen LogP contribution in [0.2, 0.25) is 10.0 Å². The number of anilines is 1. The topological polar surface area (TPSA) is 122 Å². The predicted molar refractivity (Wildman–Crippen MR) is 116 cm³/mol. The lowest BCUT2D eigenvalue weighted by Gasteiger charge is -2.29. The van der Waals surface area contributed by atoms with Gasteiger partial charge in [-0.25, -0.2) is 0 Å². The van der Waals surface area contributed by atoms with Crippen LogP contribution in [-0.4, -0.2) is 34.6 Å². The summed E-state index contributed by atoms with van der Waals surface area (Å²) < 4.78 is 0. The average Bonchev–Trinajstić information content (AvgIpc) is 3.30. The Balaban J connectivity index is 1.62. The highest BCUT2D eigenvalue weighted by Crippen LogP contribution is 2.54. The third-order valence-corrected chi connectivity index (χ3v) is 7.08. The second-order valence-corrected chi connectivity index (χ2v) is 9.07. The van der Waals surface area contributed by atoms with Gasteiger partial charge in [0.05, 0.1) is 18.4 Å². The van der Waals surface area contributed by atoms with Gasteiger partial charge in [0.15, 0.2) is 0 Å². The van der Waals surface area contributed by atoms with Gasteiger partial charge in [-0.3, -0.25) is 29.4 Å². The Labute approximate surface area is 193 Å². The van der Waals surface area contributed by atoms with Crippen molar-refractivity contribution in [1.29, 1.82) is 0 Å². The van der Waals surface area contributed by atoms with Crippen LogP contribution < -0.4 is 16.4 Å². The van der Waals surface area contributed by atoms with Crippen LogP contribution in [0.1, 0.15) is 17.5 Å². The first kappa shape index (κ1) is 20.9. The van der Waals surface area contributed by atoms with Gasteiger partial charge in [0.2, 0.25) is 23.6 Å². The summed E-state index contributed by atoms with van der Waals surface area (Å²) in [5.41, 5.74) is 5.46. The first-order chi connectivity index (χ1) is 15.2. The minimum atomic E-state index is -1.53. The molecule has 0 saturated carbocycles. The maximum atomic E-state index is 13.6. The number of halogens is 2. The summed E-state index contributed by atoms with van der Waals surface area (Å²) in [7, 11) is 0. The zero-order chi connectivity index (χ0) is 22.8.